The number of benzene rings is 3. The maximum Gasteiger partial charge on any atom is 0.416 e. The van der Waals surface area contributed by atoms with Gasteiger partial charge in [0.1, 0.15) is 5.82 Å². The van der Waals surface area contributed by atoms with E-state index in [0.717, 1.165) is 24.3 Å². The Bertz CT molecular complexity index is 1090. The van der Waals surface area contributed by atoms with Crippen LogP contribution in [0, 0.1) is 5.82 Å². The molecule has 0 unspecified atom stereocenters. The summed E-state index contributed by atoms with van der Waals surface area (Å²) in [5.74, 6) is -0.909. The van der Waals surface area contributed by atoms with Gasteiger partial charge in [0.25, 0.3) is 0 Å². The van der Waals surface area contributed by atoms with Crippen molar-refractivity contribution < 1.29 is 57.1 Å². The molecule has 0 saturated heterocycles. The van der Waals surface area contributed by atoms with Gasteiger partial charge in [-0.25, -0.2) is 4.39 Å². The summed E-state index contributed by atoms with van der Waals surface area (Å²) in [5.41, 5.74) is -7.26. The molecule has 0 aliphatic carbocycles. The minimum atomic E-state index is -5.33. The lowest BCUT2D eigenvalue weighted by Gasteiger charge is -2.27. The zero-order valence-electron chi connectivity index (χ0n) is 17.1. The van der Waals surface area contributed by atoms with Gasteiger partial charge in [-0.15, -0.1) is 0 Å². The Hall–Kier alpha value is -2.90. The monoisotopic (exact) mass is 554 g/mol. The van der Waals surface area contributed by atoms with Crippen LogP contribution in [-0.2, 0) is 24.7 Å². The summed E-state index contributed by atoms with van der Waals surface area (Å²) in [6.07, 6.45) is -21.3. The molecule has 36 heavy (non-hydrogen) atoms. The Morgan fingerprint density at radius 2 is 0.667 bits per heavy atom. The molecule has 0 aromatic heterocycles. The van der Waals surface area contributed by atoms with Gasteiger partial charge < -0.3 is 0 Å². The van der Waals surface area contributed by atoms with E-state index in [4.69, 9.17) is 0 Å². The third-order valence-corrected chi connectivity index (χ3v) is 7.11. The van der Waals surface area contributed by atoms with Crippen LogP contribution in [0.3, 0.4) is 0 Å². The van der Waals surface area contributed by atoms with Crippen LogP contribution in [-0.4, -0.2) is 0 Å². The topological polar surface area (TPSA) is 0 Å². The van der Waals surface area contributed by atoms with Crippen molar-refractivity contribution in [2.45, 2.75) is 39.4 Å². The number of rotatable bonds is 3. The molecule has 3 aromatic carbocycles. The Morgan fingerprint density at radius 1 is 0.389 bits per heavy atom. The van der Waals surface area contributed by atoms with E-state index in [1.807, 2.05) is 0 Å². The Balaban J connectivity index is 2.42. The number of alkyl halides is 12. The molecular formula is C22H11F13S. The summed E-state index contributed by atoms with van der Waals surface area (Å²) >= 11 is 0. The molecular weight excluding hydrogens is 543 g/mol. The minimum Gasteiger partial charge on any atom is -0.207 e. The van der Waals surface area contributed by atoms with E-state index in [1.165, 1.54) is 0 Å². The number of hydrogen-bond donors (Lipinski definition) is 1. The fraction of sp³-hybridized carbons (Fsp3) is 0.182. The number of hydrogen-bond acceptors (Lipinski definition) is 0. The summed E-state index contributed by atoms with van der Waals surface area (Å²) in [7, 11) is -2.88. The van der Waals surface area contributed by atoms with Crippen LogP contribution in [0.2, 0.25) is 0 Å². The van der Waals surface area contributed by atoms with Crippen LogP contribution >= 0.6 is 10.9 Å². The first-order valence-corrected chi connectivity index (χ1v) is 10.8. The van der Waals surface area contributed by atoms with E-state index in [2.05, 4.69) is 0 Å². The van der Waals surface area contributed by atoms with Crippen LogP contribution in [0.5, 0.6) is 0 Å². The Morgan fingerprint density at radius 3 is 0.917 bits per heavy atom. The standard InChI is InChI=1S/C22H11F13S/c23-15-1-3-16(4-2-15)36(17-7-11(19(24,25)26)5-12(8-17)20(27,28)29)18-9-13(21(30,31)32)6-14(10-18)22(33,34)35/h1-10,36H. The van der Waals surface area contributed by atoms with E-state index < -0.39 is 73.5 Å². The van der Waals surface area contributed by atoms with Crippen LogP contribution in [0.15, 0.2) is 75.4 Å². The maximum absolute atomic E-state index is 13.4. The molecule has 0 aliphatic heterocycles. The molecule has 0 bridgehead atoms. The van der Waals surface area contributed by atoms with Gasteiger partial charge in [-0.2, -0.15) is 63.6 Å². The summed E-state index contributed by atoms with van der Waals surface area (Å²) in [5, 5.41) is 0. The van der Waals surface area contributed by atoms with Crippen molar-refractivity contribution in [1.82, 2.24) is 0 Å². The average Bonchev–Trinajstić information content (AvgIpc) is 2.72. The molecule has 0 N–H and O–H groups in total. The highest BCUT2D eigenvalue weighted by molar-refractivity contribution is 8.17. The highest BCUT2D eigenvalue weighted by Gasteiger charge is 2.40. The summed E-state index contributed by atoms with van der Waals surface area (Å²) in [6, 6.07) is 3.60. The van der Waals surface area contributed by atoms with Crippen LogP contribution in [0.25, 0.3) is 0 Å². The Kier molecular flexibility index (Phi) is 7.07. The Labute approximate surface area is 196 Å². The largest absolute Gasteiger partial charge is 0.416 e. The first kappa shape index (κ1) is 27.7. The van der Waals surface area contributed by atoms with Gasteiger partial charge >= 0.3 is 24.7 Å². The van der Waals surface area contributed by atoms with Crippen LogP contribution in [0.1, 0.15) is 22.3 Å². The lowest BCUT2D eigenvalue weighted by molar-refractivity contribution is -0.144. The third kappa shape index (κ3) is 6.26. The predicted molar refractivity (Wildman–Crippen MR) is 103 cm³/mol. The highest BCUT2D eigenvalue weighted by Crippen LogP contribution is 2.55. The smallest absolute Gasteiger partial charge is 0.207 e. The van der Waals surface area contributed by atoms with Crippen molar-refractivity contribution in [3.05, 3.63) is 88.7 Å². The van der Waals surface area contributed by atoms with Gasteiger partial charge in [0.2, 0.25) is 0 Å². The fourth-order valence-electron chi connectivity index (χ4n) is 3.17. The van der Waals surface area contributed by atoms with E-state index in [-0.39, 0.29) is 41.3 Å². The van der Waals surface area contributed by atoms with E-state index in [1.54, 1.807) is 0 Å². The minimum absolute atomic E-state index is 0.220. The van der Waals surface area contributed by atoms with Gasteiger partial charge in [-0.05, 0) is 75.4 Å². The molecule has 14 heteroatoms. The molecule has 0 saturated carbocycles. The second-order valence-corrected chi connectivity index (χ2v) is 9.56. The molecule has 196 valence electrons. The number of halogens is 13. The first-order chi connectivity index (χ1) is 16.3. The quantitative estimate of drug-likeness (QED) is 0.242. The molecule has 0 aliphatic rings. The average molecular weight is 554 g/mol. The SMILES string of the molecule is Fc1ccc([SH](c2cc(C(F)(F)F)cc(C(F)(F)F)c2)c2cc(C(F)(F)F)cc(C(F)(F)F)c2)cc1. The van der Waals surface area contributed by atoms with Crippen LogP contribution in [0.4, 0.5) is 57.1 Å². The molecule has 0 radical (unpaired) electrons. The summed E-state index contributed by atoms with van der Waals surface area (Å²) in [4.78, 5) is -1.97. The molecule has 0 atom stereocenters. The van der Waals surface area contributed by atoms with Crippen molar-refractivity contribution in [3.63, 3.8) is 0 Å². The highest BCUT2D eigenvalue weighted by atomic mass is 32.2. The molecule has 0 fully saturated rings. The molecule has 3 rings (SSSR count). The van der Waals surface area contributed by atoms with Gasteiger partial charge in [0, 0.05) is 0 Å². The van der Waals surface area contributed by atoms with Gasteiger partial charge in [0.15, 0.2) is 0 Å². The summed E-state index contributed by atoms with van der Waals surface area (Å²) in [6.45, 7) is 0. The molecule has 3 aromatic rings. The van der Waals surface area contributed by atoms with Crippen molar-refractivity contribution in [3.8, 4) is 0 Å². The van der Waals surface area contributed by atoms with Gasteiger partial charge in [0.05, 0.1) is 22.3 Å². The van der Waals surface area contributed by atoms with Crippen molar-refractivity contribution in [2.75, 3.05) is 0 Å². The molecule has 0 amide bonds. The zero-order chi connectivity index (χ0) is 27.3. The third-order valence-electron chi connectivity index (χ3n) is 4.75. The van der Waals surface area contributed by atoms with E-state index in [9.17, 15) is 57.1 Å². The first-order valence-electron chi connectivity index (χ1n) is 9.41. The lowest BCUT2D eigenvalue weighted by Crippen LogP contribution is -2.12. The zero-order valence-corrected chi connectivity index (χ0v) is 18.0. The van der Waals surface area contributed by atoms with Crippen molar-refractivity contribution in [1.29, 1.82) is 0 Å². The predicted octanol–water partition coefficient (Wildman–Crippen LogP) is 9.38. The maximum atomic E-state index is 13.4. The van der Waals surface area contributed by atoms with Gasteiger partial charge in [-0.1, -0.05) is 0 Å². The van der Waals surface area contributed by atoms with Gasteiger partial charge in [-0.3, -0.25) is 0 Å². The molecule has 0 nitrogen and oxygen atoms in total. The summed E-state index contributed by atoms with van der Waals surface area (Å²) < 4.78 is 174. The van der Waals surface area contributed by atoms with Crippen molar-refractivity contribution in [2.24, 2.45) is 0 Å². The molecule has 0 heterocycles. The molecule has 0 spiro atoms. The van der Waals surface area contributed by atoms with E-state index >= 15 is 0 Å². The second kappa shape index (κ2) is 9.20. The fourth-order valence-corrected chi connectivity index (χ4v) is 5.59. The normalized spacial score (nSPS) is 13.6. The number of thiol groups is 1. The lowest BCUT2D eigenvalue weighted by atomic mass is 10.1. The van der Waals surface area contributed by atoms with Crippen LogP contribution < -0.4 is 0 Å². The second-order valence-electron chi connectivity index (χ2n) is 7.34. The van der Waals surface area contributed by atoms with Crippen molar-refractivity contribution >= 4 is 10.9 Å². The van der Waals surface area contributed by atoms with E-state index in [0.29, 0.717) is 0 Å².